The molecule has 2 nitrogen and oxygen atoms in total. The SMILES string of the molecule is O=C(C(Cl)=CO)c1ccc(Cl)cc1Cl. The molecule has 0 radical (unpaired) electrons. The van der Waals surface area contributed by atoms with E-state index in [1.54, 1.807) is 0 Å². The van der Waals surface area contributed by atoms with Gasteiger partial charge in [-0.25, -0.2) is 0 Å². The first-order valence-electron chi connectivity index (χ1n) is 3.56. The van der Waals surface area contributed by atoms with Gasteiger partial charge in [0.15, 0.2) is 0 Å². The molecule has 5 heteroatoms. The average molecular weight is 251 g/mol. The van der Waals surface area contributed by atoms with E-state index in [0.29, 0.717) is 11.3 Å². The standard InChI is InChI=1S/C9H5Cl3O2/c10-5-1-2-6(7(11)3-5)9(14)8(12)4-13/h1-4,13H. The highest BCUT2D eigenvalue weighted by atomic mass is 35.5. The number of Topliss-reactive ketones (excluding diaryl/α,β-unsaturated/α-hetero) is 1. The summed E-state index contributed by atoms with van der Waals surface area (Å²) in [4.78, 5) is 11.4. The first-order valence-corrected chi connectivity index (χ1v) is 4.69. The molecule has 0 amide bonds. The van der Waals surface area contributed by atoms with Gasteiger partial charge in [0.05, 0.1) is 5.02 Å². The van der Waals surface area contributed by atoms with Crippen molar-refractivity contribution in [1.29, 1.82) is 0 Å². The van der Waals surface area contributed by atoms with Crippen molar-refractivity contribution < 1.29 is 9.90 Å². The molecular formula is C9H5Cl3O2. The summed E-state index contributed by atoms with van der Waals surface area (Å²) in [5.41, 5.74) is 0.200. The number of halogens is 3. The van der Waals surface area contributed by atoms with Gasteiger partial charge in [-0.15, -0.1) is 0 Å². The van der Waals surface area contributed by atoms with E-state index in [-0.39, 0.29) is 15.6 Å². The fourth-order valence-electron chi connectivity index (χ4n) is 0.861. The number of hydrogen-bond donors (Lipinski definition) is 1. The van der Waals surface area contributed by atoms with Crippen LogP contribution in [0.2, 0.25) is 10.0 Å². The number of aliphatic hydroxyl groups excluding tert-OH is 1. The van der Waals surface area contributed by atoms with E-state index >= 15 is 0 Å². The molecule has 0 bridgehead atoms. The average Bonchev–Trinajstić information content (AvgIpc) is 2.15. The monoisotopic (exact) mass is 250 g/mol. The molecule has 1 rings (SSSR count). The lowest BCUT2D eigenvalue weighted by Gasteiger charge is -2.01. The predicted octanol–water partition coefficient (Wildman–Crippen LogP) is 3.81. The van der Waals surface area contributed by atoms with Gasteiger partial charge in [0, 0.05) is 10.6 Å². The van der Waals surface area contributed by atoms with Crippen LogP contribution in [0.5, 0.6) is 0 Å². The smallest absolute Gasteiger partial charge is 0.208 e. The Morgan fingerprint density at radius 2 is 2.00 bits per heavy atom. The van der Waals surface area contributed by atoms with Crippen LogP contribution >= 0.6 is 34.8 Å². The number of allylic oxidation sites excluding steroid dienone is 1. The molecule has 0 aliphatic carbocycles. The third-order valence-electron chi connectivity index (χ3n) is 1.51. The molecule has 0 fully saturated rings. The van der Waals surface area contributed by atoms with Crippen LogP contribution in [0, 0.1) is 0 Å². The fraction of sp³-hybridized carbons (Fsp3) is 0. The molecule has 0 spiro atoms. The Bertz CT molecular complexity index is 399. The van der Waals surface area contributed by atoms with Crippen molar-refractivity contribution in [3.63, 3.8) is 0 Å². The van der Waals surface area contributed by atoms with Gasteiger partial charge in [-0.2, -0.15) is 0 Å². The van der Waals surface area contributed by atoms with Gasteiger partial charge in [-0.05, 0) is 18.2 Å². The van der Waals surface area contributed by atoms with Crippen LogP contribution in [-0.2, 0) is 0 Å². The number of carbonyl (C=O) groups is 1. The molecule has 1 aromatic rings. The van der Waals surface area contributed by atoms with Crippen LogP contribution in [0.25, 0.3) is 0 Å². The van der Waals surface area contributed by atoms with Crippen molar-refractivity contribution in [1.82, 2.24) is 0 Å². The van der Waals surface area contributed by atoms with Gasteiger partial charge in [-0.1, -0.05) is 34.8 Å². The van der Waals surface area contributed by atoms with Gasteiger partial charge in [-0.3, -0.25) is 4.79 Å². The van der Waals surface area contributed by atoms with Crippen molar-refractivity contribution in [2.45, 2.75) is 0 Å². The molecule has 74 valence electrons. The highest BCUT2D eigenvalue weighted by Crippen LogP contribution is 2.24. The number of aliphatic hydroxyl groups is 1. The van der Waals surface area contributed by atoms with Crippen LogP contribution in [0.4, 0.5) is 0 Å². The summed E-state index contributed by atoms with van der Waals surface area (Å²) in [5, 5.41) is 8.85. The Morgan fingerprint density at radius 1 is 1.36 bits per heavy atom. The Hall–Kier alpha value is -0.700. The molecule has 0 saturated heterocycles. The largest absolute Gasteiger partial charge is 0.514 e. The molecule has 0 heterocycles. The minimum atomic E-state index is -0.546. The second-order valence-electron chi connectivity index (χ2n) is 2.43. The molecular weight excluding hydrogens is 246 g/mol. The van der Waals surface area contributed by atoms with Gasteiger partial charge >= 0.3 is 0 Å². The van der Waals surface area contributed by atoms with Crippen LogP contribution in [0.1, 0.15) is 10.4 Å². The maximum absolute atomic E-state index is 11.4. The van der Waals surface area contributed by atoms with Crippen LogP contribution in [0.15, 0.2) is 29.5 Å². The van der Waals surface area contributed by atoms with Gasteiger partial charge in [0.25, 0.3) is 0 Å². The van der Waals surface area contributed by atoms with Crippen LogP contribution in [-0.4, -0.2) is 10.9 Å². The van der Waals surface area contributed by atoms with Crippen LogP contribution in [0.3, 0.4) is 0 Å². The lowest BCUT2D eigenvalue weighted by molar-refractivity contribution is 0.104. The summed E-state index contributed by atoms with van der Waals surface area (Å²) in [5.74, 6) is -0.546. The molecule has 0 aromatic heterocycles. The van der Waals surface area contributed by atoms with E-state index in [1.807, 2.05) is 0 Å². The Balaban J connectivity index is 3.14. The highest BCUT2D eigenvalue weighted by Gasteiger charge is 2.13. The minimum Gasteiger partial charge on any atom is -0.514 e. The van der Waals surface area contributed by atoms with Crippen molar-refractivity contribution in [3.05, 3.63) is 45.1 Å². The molecule has 1 N–H and O–H groups in total. The van der Waals surface area contributed by atoms with Gasteiger partial charge in [0.2, 0.25) is 5.78 Å². The summed E-state index contributed by atoms with van der Waals surface area (Å²) in [7, 11) is 0. The molecule has 0 atom stereocenters. The molecule has 0 aliphatic rings. The van der Waals surface area contributed by atoms with E-state index in [4.69, 9.17) is 39.9 Å². The molecule has 0 aliphatic heterocycles. The Labute approximate surface area is 95.7 Å². The quantitative estimate of drug-likeness (QED) is 0.493. The highest BCUT2D eigenvalue weighted by molar-refractivity contribution is 6.47. The van der Waals surface area contributed by atoms with Crippen molar-refractivity contribution in [2.24, 2.45) is 0 Å². The minimum absolute atomic E-state index is 0.197. The maximum Gasteiger partial charge on any atom is 0.208 e. The van der Waals surface area contributed by atoms with Crippen molar-refractivity contribution in [3.8, 4) is 0 Å². The summed E-state index contributed by atoms with van der Waals surface area (Å²) < 4.78 is 0. The Morgan fingerprint density at radius 3 is 2.50 bits per heavy atom. The third kappa shape index (κ3) is 2.41. The summed E-state index contributed by atoms with van der Waals surface area (Å²) in [6, 6.07) is 4.39. The summed E-state index contributed by atoms with van der Waals surface area (Å²) >= 11 is 16.8. The molecule has 0 unspecified atom stereocenters. The number of carbonyl (C=O) groups excluding carboxylic acids is 1. The summed E-state index contributed by atoms with van der Waals surface area (Å²) in [6.07, 6.45) is 0.523. The zero-order valence-electron chi connectivity index (χ0n) is 6.80. The third-order valence-corrected chi connectivity index (χ3v) is 2.32. The molecule has 0 saturated carbocycles. The number of rotatable bonds is 2. The first-order chi connectivity index (χ1) is 6.56. The normalized spacial score (nSPS) is 11.5. The van der Waals surface area contributed by atoms with Crippen LogP contribution < -0.4 is 0 Å². The number of hydrogen-bond acceptors (Lipinski definition) is 2. The van der Waals surface area contributed by atoms with E-state index in [1.165, 1.54) is 18.2 Å². The lowest BCUT2D eigenvalue weighted by Crippen LogP contribution is -1.99. The molecule has 1 aromatic carbocycles. The maximum atomic E-state index is 11.4. The molecule has 14 heavy (non-hydrogen) atoms. The first kappa shape index (κ1) is 11.4. The fourth-order valence-corrected chi connectivity index (χ4v) is 1.46. The second kappa shape index (κ2) is 4.69. The van der Waals surface area contributed by atoms with E-state index in [2.05, 4.69) is 0 Å². The van der Waals surface area contributed by atoms with E-state index in [0.717, 1.165) is 0 Å². The summed E-state index contributed by atoms with van der Waals surface area (Å²) in [6.45, 7) is 0. The van der Waals surface area contributed by atoms with E-state index in [9.17, 15) is 4.79 Å². The lowest BCUT2D eigenvalue weighted by atomic mass is 10.1. The topological polar surface area (TPSA) is 37.3 Å². The van der Waals surface area contributed by atoms with Gasteiger partial charge < -0.3 is 5.11 Å². The van der Waals surface area contributed by atoms with Gasteiger partial charge in [0.1, 0.15) is 11.3 Å². The van der Waals surface area contributed by atoms with Crippen molar-refractivity contribution in [2.75, 3.05) is 0 Å². The van der Waals surface area contributed by atoms with Crippen molar-refractivity contribution >= 4 is 40.6 Å². The van der Waals surface area contributed by atoms with E-state index < -0.39 is 5.78 Å². The predicted molar refractivity (Wildman–Crippen MR) is 57.4 cm³/mol. The number of benzene rings is 1. The second-order valence-corrected chi connectivity index (χ2v) is 3.68. The number of ketones is 1. The zero-order valence-corrected chi connectivity index (χ0v) is 9.07. The zero-order chi connectivity index (χ0) is 10.7. The Kier molecular flexibility index (Phi) is 3.81.